The molecule has 3 aromatic rings. The molecular weight excluding hydrogens is 390 g/mol. The van der Waals surface area contributed by atoms with Crippen molar-refractivity contribution in [3.63, 3.8) is 0 Å². The topological polar surface area (TPSA) is 79.3 Å². The van der Waals surface area contributed by atoms with E-state index in [1.165, 1.54) is 5.56 Å². The number of nitrogens with zero attached hydrogens (tertiary/aromatic N) is 6. The molecule has 1 N–H and O–H groups in total. The van der Waals surface area contributed by atoms with Gasteiger partial charge in [0.05, 0.1) is 6.61 Å². The minimum Gasteiger partial charge on any atom is -0.383 e. The van der Waals surface area contributed by atoms with Gasteiger partial charge in [0.1, 0.15) is 12.1 Å². The quantitative estimate of drug-likeness (QED) is 0.597. The highest BCUT2D eigenvalue weighted by Gasteiger charge is 2.18. The molecule has 0 radical (unpaired) electrons. The summed E-state index contributed by atoms with van der Waals surface area (Å²) in [7, 11) is 1.75. The first kappa shape index (κ1) is 21.1. The Morgan fingerprint density at radius 3 is 2.55 bits per heavy atom. The van der Waals surface area contributed by atoms with Crippen LogP contribution in [-0.2, 0) is 4.74 Å². The van der Waals surface area contributed by atoms with Crippen LogP contribution in [-0.4, -0.2) is 71.3 Å². The molecule has 31 heavy (non-hydrogen) atoms. The van der Waals surface area contributed by atoms with E-state index in [4.69, 9.17) is 4.74 Å². The smallest absolute Gasteiger partial charge is 0.225 e. The lowest BCUT2D eigenvalue weighted by molar-refractivity contribution is 0.143. The van der Waals surface area contributed by atoms with Crippen molar-refractivity contribution in [1.82, 2.24) is 24.8 Å². The predicted molar refractivity (Wildman–Crippen MR) is 122 cm³/mol. The van der Waals surface area contributed by atoms with E-state index in [0.29, 0.717) is 0 Å². The third-order valence-electron chi connectivity index (χ3n) is 5.57. The maximum atomic E-state index is 5.17. The third-order valence-corrected chi connectivity index (χ3v) is 5.57. The Kier molecular flexibility index (Phi) is 7.01. The zero-order valence-corrected chi connectivity index (χ0v) is 18.1. The van der Waals surface area contributed by atoms with Crippen molar-refractivity contribution in [2.45, 2.75) is 13.0 Å². The Balaban J connectivity index is 1.40. The molecule has 8 heteroatoms. The lowest BCUT2D eigenvalue weighted by Crippen LogP contribution is -2.47. The van der Waals surface area contributed by atoms with E-state index in [2.05, 4.69) is 66.2 Å². The Labute approximate surface area is 183 Å². The Morgan fingerprint density at radius 2 is 1.84 bits per heavy atom. The van der Waals surface area contributed by atoms with E-state index in [0.717, 1.165) is 62.2 Å². The molecule has 0 aliphatic carbocycles. The molecule has 2 aromatic heterocycles. The summed E-state index contributed by atoms with van der Waals surface area (Å²) in [4.78, 5) is 22.2. The van der Waals surface area contributed by atoms with Gasteiger partial charge in [-0.25, -0.2) is 19.9 Å². The van der Waals surface area contributed by atoms with Gasteiger partial charge in [-0.3, -0.25) is 4.90 Å². The number of piperazine rings is 1. The van der Waals surface area contributed by atoms with Crippen LogP contribution in [0.2, 0.25) is 0 Å². The van der Waals surface area contributed by atoms with Crippen LogP contribution in [0.5, 0.6) is 0 Å². The average Bonchev–Trinajstić information content (AvgIpc) is 2.84. The van der Waals surface area contributed by atoms with Crippen LogP contribution in [0, 0.1) is 0 Å². The molecule has 1 atom stereocenters. The minimum absolute atomic E-state index is 0.115. The molecule has 1 aliphatic rings. The number of anilines is 2. The van der Waals surface area contributed by atoms with Crippen molar-refractivity contribution in [2.24, 2.45) is 0 Å². The van der Waals surface area contributed by atoms with Gasteiger partial charge in [-0.2, -0.15) is 0 Å². The summed E-state index contributed by atoms with van der Waals surface area (Å²) in [5, 5.41) is 3.40. The molecule has 0 spiro atoms. The fourth-order valence-corrected chi connectivity index (χ4v) is 3.69. The molecule has 0 amide bonds. The Morgan fingerprint density at radius 1 is 1.03 bits per heavy atom. The van der Waals surface area contributed by atoms with E-state index < -0.39 is 0 Å². The zero-order valence-electron chi connectivity index (χ0n) is 18.1. The zero-order chi connectivity index (χ0) is 21.5. The first-order chi connectivity index (χ1) is 15.2. The van der Waals surface area contributed by atoms with Crippen LogP contribution < -0.4 is 10.2 Å². The molecule has 1 aromatic carbocycles. The monoisotopic (exact) mass is 419 g/mol. The summed E-state index contributed by atoms with van der Waals surface area (Å²) in [6.07, 6.45) is 7.11. The molecule has 1 aliphatic heterocycles. The highest BCUT2D eigenvalue weighted by Crippen LogP contribution is 2.25. The first-order valence-electron chi connectivity index (χ1n) is 10.6. The van der Waals surface area contributed by atoms with Crippen molar-refractivity contribution >= 4 is 11.8 Å². The van der Waals surface area contributed by atoms with Crippen LogP contribution in [0.3, 0.4) is 0 Å². The highest BCUT2D eigenvalue weighted by atomic mass is 16.5. The highest BCUT2D eigenvalue weighted by molar-refractivity contribution is 5.63. The average molecular weight is 420 g/mol. The second kappa shape index (κ2) is 10.3. The van der Waals surface area contributed by atoms with Crippen LogP contribution in [0.4, 0.5) is 11.8 Å². The van der Waals surface area contributed by atoms with Gasteiger partial charge in [-0.15, -0.1) is 0 Å². The molecule has 0 bridgehead atoms. The predicted octanol–water partition coefficient (Wildman–Crippen LogP) is 2.88. The van der Waals surface area contributed by atoms with Gasteiger partial charge in [0, 0.05) is 70.0 Å². The molecule has 1 saturated heterocycles. The van der Waals surface area contributed by atoms with Gasteiger partial charge in [-0.05, 0) is 30.2 Å². The Bertz CT molecular complexity index is 944. The van der Waals surface area contributed by atoms with Crippen molar-refractivity contribution in [1.29, 1.82) is 0 Å². The van der Waals surface area contributed by atoms with Crippen molar-refractivity contribution in [2.75, 3.05) is 56.7 Å². The number of hydrogen-bond donors (Lipinski definition) is 1. The van der Waals surface area contributed by atoms with E-state index >= 15 is 0 Å². The van der Waals surface area contributed by atoms with Crippen LogP contribution in [0.25, 0.3) is 11.1 Å². The molecule has 4 rings (SSSR count). The van der Waals surface area contributed by atoms with E-state index in [1.54, 1.807) is 19.6 Å². The lowest BCUT2D eigenvalue weighted by Gasteiger charge is -2.34. The minimum atomic E-state index is 0.115. The molecule has 1 unspecified atom stereocenters. The fraction of sp³-hybridized carbons (Fsp3) is 0.391. The summed E-state index contributed by atoms with van der Waals surface area (Å²) in [6, 6.07) is 10.4. The largest absolute Gasteiger partial charge is 0.383 e. The number of aromatic nitrogens is 4. The van der Waals surface area contributed by atoms with Crippen molar-refractivity contribution in [3.05, 3.63) is 60.8 Å². The van der Waals surface area contributed by atoms with Crippen molar-refractivity contribution in [3.8, 4) is 11.1 Å². The van der Waals surface area contributed by atoms with Gasteiger partial charge in [0.2, 0.25) is 5.95 Å². The number of rotatable bonds is 8. The number of benzene rings is 1. The first-order valence-corrected chi connectivity index (χ1v) is 10.6. The summed E-state index contributed by atoms with van der Waals surface area (Å²) >= 11 is 0. The van der Waals surface area contributed by atoms with Crippen LogP contribution in [0.15, 0.2) is 55.2 Å². The van der Waals surface area contributed by atoms with Gasteiger partial charge in [0.15, 0.2) is 0 Å². The normalized spacial score (nSPS) is 15.6. The van der Waals surface area contributed by atoms with Crippen LogP contribution in [0.1, 0.15) is 18.5 Å². The third kappa shape index (κ3) is 5.53. The van der Waals surface area contributed by atoms with Gasteiger partial charge >= 0.3 is 0 Å². The molecule has 0 saturated carbocycles. The van der Waals surface area contributed by atoms with E-state index in [-0.39, 0.29) is 6.04 Å². The second-order valence-electron chi connectivity index (χ2n) is 7.68. The van der Waals surface area contributed by atoms with Crippen LogP contribution >= 0.6 is 0 Å². The summed E-state index contributed by atoms with van der Waals surface area (Å²) in [5.41, 5.74) is 3.29. The maximum absolute atomic E-state index is 5.17. The second-order valence-corrected chi connectivity index (χ2v) is 7.68. The number of hydrogen-bond acceptors (Lipinski definition) is 8. The summed E-state index contributed by atoms with van der Waals surface area (Å²) in [6.45, 7) is 7.76. The van der Waals surface area contributed by atoms with Crippen molar-refractivity contribution < 1.29 is 4.74 Å². The van der Waals surface area contributed by atoms with Gasteiger partial charge in [0.25, 0.3) is 0 Å². The fourth-order valence-electron chi connectivity index (χ4n) is 3.69. The standard InChI is InChI=1S/C23H29N7O/c1-18(28-22-6-7-24-17-27-22)19-4-3-5-20(14-19)21-15-25-23(26-16-21)30-10-8-29(9-11-30)12-13-31-2/h3-7,14-18H,8-13H2,1-2H3,(H,24,27,28). The number of ether oxygens (including phenoxy) is 1. The summed E-state index contributed by atoms with van der Waals surface area (Å²) < 4.78 is 5.17. The Hall–Kier alpha value is -3.10. The molecular formula is C23H29N7O. The summed E-state index contributed by atoms with van der Waals surface area (Å²) in [5.74, 6) is 1.60. The maximum Gasteiger partial charge on any atom is 0.225 e. The lowest BCUT2D eigenvalue weighted by atomic mass is 10.0. The van der Waals surface area contributed by atoms with E-state index in [9.17, 15) is 0 Å². The molecule has 1 fully saturated rings. The molecule has 3 heterocycles. The molecule has 162 valence electrons. The van der Waals surface area contributed by atoms with Gasteiger partial charge in [-0.1, -0.05) is 18.2 Å². The molecule has 8 nitrogen and oxygen atoms in total. The SMILES string of the molecule is COCCN1CCN(c2ncc(-c3cccc(C(C)Nc4ccncn4)c3)cn2)CC1. The van der Waals surface area contributed by atoms with Gasteiger partial charge < -0.3 is 15.0 Å². The number of nitrogens with one attached hydrogen (secondary N) is 1. The van der Waals surface area contributed by atoms with E-state index in [1.807, 2.05) is 18.5 Å². The number of methoxy groups -OCH3 is 1.